The second kappa shape index (κ2) is 8.23. The minimum absolute atomic E-state index is 0.0264. The third-order valence-electron chi connectivity index (χ3n) is 4.31. The quantitative estimate of drug-likeness (QED) is 0.504. The molecule has 0 bridgehead atoms. The fourth-order valence-corrected chi connectivity index (χ4v) is 3.11. The van der Waals surface area contributed by atoms with Crippen LogP contribution in [0.2, 0.25) is 5.02 Å². The van der Waals surface area contributed by atoms with Gasteiger partial charge in [0.05, 0.1) is 24.2 Å². The number of nitrogens with zero attached hydrogens (tertiary/aromatic N) is 2. The normalized spacial score (nSPS) is 11.0. The summed E-state index contributed by atoms with van der Waals surface area (Å²) in [6.45, 7) is 2.96. The highest BCUT2D eigenvalue weighted by atomic mass is 35.5. The highest BCUT2D eigenvalue weighted by Gasteiger charge is 2.15. The van der Waals surface area contributed by atoms with Gasteiger partial charge in [-0.15, -0.1) is 0 Å². The zero-order valence-corrected chi connectivity index (χ0v) is 15.5. The largest absolute Gasteiger partial charge is 0.464 e. The number of hydrogen-bond donors (Lipinski definition) is 1. The van der Waals surface area contributed by atoms with Gasteiger partial charge in [-0.05, 0) is 30.2 Å². The van der Waals surface area contributed by atoms with Crippen molar-refractivity contribution < 1.29 is 9.53 Å². The Bertz CT molecular complexity index is 975. The van der Waals surface area contributed by atoms with Crippen LogP contribution in [0, 0.1) is 5.41 Å². The Hall–Kier alpha value is -2.53. The van der Waals surface area contributed by atoms with Crippen LogP contribution in [0.3, 0.4) is 0 Å². The van der Waals surface area contributed by atoms with Crippen LogP contribution in [-0.4, -0.2) is 21.7 Å². The van der Waals surface area contributed by atoms with Gasteiger partial charge < -0.3 is 9.30 Å². The Morgan fingerprint density at radius 2 is 1.73 bits per heavy atom. The van der Waals surface area contributed by atoms with E-state index in [0.29, 0.717) is 18.2 Å². The van der Waals surface area contributed by atoms with E-state index >= 15 is 0 Å². The number of nitrogens with one attached hydrogen (secondary N) is 1. The first-order valence-electron chi connectivity index (χ1n) is 8.73. The summed E-state index contributed by atoms with van der Waals surface area (Å²) >= 11 is 6.28. The topological polar surface area (TPSA) is 60.0 Å². The van der Waals surface area contributed by atoms with Crippen molar-refractivity contribution in [3.8, 4) is 0 Å². The number of hydrogen-bond acceptors (Lipinski definition) is 3. The standard InChI is InChI=1S/C20H22ClN3O2/c1-2-3-12-26-19(25)14-24-18-11-7-6-10-17(18)23(20(24)22)13-15-8-4-5-9-16(15)21/h4-11,22H,2-3,12-14H2,1H3. The van der Waals surface area contributed by atoms with E-state index in [9.17, 15) is 4.79 Å². The summed E-state index contributed by atoms with van der Waals surface area (Å²) in [6.07, 6.45) is 1.82. The van der Waals surface area contributed by atoms with Gasteiger partial charge in [0.25, 0.3) is 0 Å². The van der Waals surface area contributed by atoms with Crippen molar-refractivity contribution in [3.63, 3.8) is 0 Å². The minimum atomic E-state index is -0.322. The molecule has 26 heavy (non-hydrogen) atoms. The predicted molar refractivity (Wildman–Crippen MR) is 102 cm³/mol. The molecule has 1 heterocycles. The lowest BCUT2D eigenvalue weighted by molar-refractivity contribution is -0.144. The number of halogens is 1. The number of esters is 1. The number of carbonyl (C=O) groups is 1. The summed E-state index contributed by atoms with van der Waals surface area (Å²) in [5, 5.41) is 9.24. The van der Waals surface area contributed by atoms with Crippen molar-refractivity contribution >= 4 is 28.6 Å². The number of para-hydroxylation sites is 2. The average molecular weight is 372 g/mol. The fourth-order valence-electron chi connectivity index (χ4n) is 2.92. The number of carbonyl (C=O) groups excluding carboxylic acids is 1. The van der Waals surface area contributed by atoms with E-state index in [1.54, 1.807) is 4.57 Å². The second-order valence-corrected chi connectivity index (χ2v) is 6.56. The molecule has 2 aromatic carbocycles. The summed E-state index contributed by atoms with van der Waals surface area (Å²) in [5.74, 6) is -0.322. The number of unbranched alkanes of at least 4 members (excludes halogenated alkanes) is 1. The molecular weight excluding hydrogens is 350 g/mol. The van der Waals surface area contributed by atoms with Crippen LogP contribution in [0.4, 0.5) is 0 Å². The van der Waals surface area contributed by atoms with Gasteiger partial charge >= 0.3 is 5.97 Å². The molecule has 136 valence electrons. The SMILES string of the molecule is CCCCOC(=O)Cn1c(=N)n(Cc2ccccc2Cl)c2ccccc21. The molecule has 1 aromatic heterocycles. The van der Waals surface area contributed by atoms with E-state index in [-0.39, 0.29) is 18.1 Å². The van der Waals surface area contributed by atoms with Crippen LogP contribution >= 0.6 is 11.6 Å². The lowest BCUT2D eigenvalue weighted by Crippen LogP contribution is -2.28. The lowest BCUT2D eigenvalue weighted by Gasteiger charge is -2.07. The molecule has 5 nitrogen and oxygen atoms in total. The molecule has 0 spiro atoms. The second-order valence-electron chi connectivity index (χ2n) is 6.15. The number of fused-ring (bicyclic) bond motifs is 1. The molecule has 0 fully saturated rings. The number of ether oxygens (including phenoxy) is 1. The van der Waals surface area contributed by atoms with Gasteiger partial charge in [0, 0.05) is 5.02 Å². The average Bonchev–Trinajstić information content (AvgIpc) is 2.90. The minimum Gasteiger partial charge on any atom is -0.464 e. The summed E-state index contributed by atoms with van der Waals surface area (Å²) in [5.41, 5.74) is 2.90. The third kappa shape index (κ3) is 3.83. The van der Waals surface area contributed by atoms with Crippen LogP contribution in [0.25, 0.3) is 11.0 Å². The fraction of sp³-hybridized carbons (Fsp3) is 0.300. The van der Waals surface area contributed by atoms with E-state index in [4.69, 9.17) is 21.7 Å². The molecule has 0 aliphatic heterocycles. The van der Waals surface area contributed by atoms with Crippen molar-refractivity contribution in [2.45, 2.75) is 32.9 Å². The highest BCUT2D eigenvalue weighted by Crippen LogP contribution is 2.19. The van der Waals surface area contributed by atoms with Gasteiger partial charge in [-0.1, -0.05) is 55.3 Å². The van der Waals surface area contributed by atoms with Gasteiger partial charge in [0.2, 0.25) is 5.62 Å². The predicted octanol–water partition coefficient (Wildman–Crippen LogP) is 3.97. The van der Waals surface area contributed by atoms with E-state index in [2.05, 4.69) is 0 Å². The zero-order valence-electron chi connectivity index (χ0n) is 14.7. The smallest absolute Gasteiger partial charge is 0.326 e. The van der Waals surface area contributed by atoms with E-state index in [1.807, 2.05) is 60.0 Å². The van der Waals surface area contributed by atoms with Crippen LogP contribution in [0.5, 0.6) is 0 Å². The number of benzene rings is 2. The molecular formula is C20H22ClN3O2. The van der Waals surface area contributed by atoms with Gasteiger partial charge in [-0.3, -0.25) is 14.8 Å². The number of imidazole rings is 1. The summed E-state index contributed by atoms with van der Waals surface area (Å²) in [6, 6.07) is 15.3. The third-order valence-corrected chi connectivity index (χ3v) is 4.68. The monoisotopic (exact) mass is 371 g/mol. The maximum Gasteiger partial charge on any atom is 0.326 e. The maximum absolute atomic E-state index is 12.1. The summed E-state index contributed by atoms with van der Waals surface area (Å²) < 4.78 is 8.80. The Morgan fingerprint density at radius 1 is 1.08 bits per heavy atom. The van der Waals surface area contributed by atoms with Crippen molar-refractivity contribution in [3.05, 3.63) is 64.7 Å². The van der Waals surface area contributed by atoms with Crippen LogP contribution in [0.15, 0.2) is 48.5 Å². The molecule has 0 atom stereocenters. The first-order chi connectivity index (χ1) is 12.6. The molecule has 0 aliphatic rings. The van der Waals surface area contributed by atoms with Crippen LogP contribution in [-0.2, 0) is 22.6 Å². The Morgan fingerprint density at radius 3 is 2.42 bits per heavy atom. The number of aromatic nitrogens is 2. The van der Waals surface area contributed by atoms with Crippen LogP contribution in [0.1, 0.15) is 25.3 Å². The zero-order chi connectivity index (χ0) is 18.5. The molecule has 0 saturated carbocycles. The molecule has 3 aromatic rings. The first-order valence-corrected chi connectivity index (χ1v) is 9.11. The molecule has 0 amide bonds. The van der Waals surface area contributed by atoms with Gasteiger partial charge in [-0.2, -0.15) is 0 Å². The Kier molecular flexibility index (Phi) is 5.78. The van der Waals surface area contributed by atoms with E-state index in [1.165, 1.54) is 0 Å². The Balaban J connectivity index is 1.95. The van der Waals surface area contributed by atoms with E-state index in [0.717, 1.165) is 29.4 Å². The van der Waals surface area contributed by atoms with Crippen molar-refractivity contribution in [1.82, 2.24) is 9.13 Å². The molecule has 1 N–H and O–H groups in total. The van der Waals surface area contributed by atoms with E-state index < -0.39 is 0 Å². The summed E-state index contributed by atoms with van der Waals surface area (Å²) in [4.78, 5) is 12.1. The molecule has 0 unspecified atom stereocenters. The highest BCUT2D eigenvalue weighted by molar-refractivity contribution is 6.31. The van der Waals surface area contributed by atoms with Crippen molar-refractivity contribution in [2.24, 2.45) is 0 Å². The molecule has 6 heteroatoms. The first kappa shape index (κ1) is 18.3. The van der Waals surface area contributed by atoms with Crippen molar-refractivity contribution in [1.29, 1.82) is 5.41 Å². The molecule has 0 saturated heterocycles. The van der Waals surface area contributed by atoms with Crippen LogP contribution < -0.4 is 5.62 Å². The molecule has 3 rings (SSSR count). The Labute approximate surface area is 157 Å². The number of rotatable bonds is 7. The maximum atomic E-state index is 12.1. The summed E-state index contributed by atoms with van der Waals surface area (Å²) in [7, 11) is 0. The molecule has 0 aliphatic carbocycles. The van der Waals surface area contributed by atoms with Crippen molar-refractivity contribution in [2.75, 3.05) is 6.61 Å². The molecule has 0 radical (unpaired) electrons. The van der Waals surface area contributed by atoms with Gasteiger partial charge in [-0.25, -0.2) is 0 Å². The van der Waals surface area contributed by atoms with Gasteiger partial charge in [0.1, 0.15) is 6.54 Å². The lowest BCUT2D eigenvalue weighted by atomic mass is 10.2. The van der Waals surface area contributed by atoms with Gasteiger partial charge in [0.15, 0.2) is 0 Å².